The summed E-state index contributed by atoms with van der Waals surface area (Å²) in [7, 11) is 0. The van der Waals surface area contributed by atoms with Crippen LogP contribution in [0.3, 0.4) is 0 Å². The van der Waals surface area contributed by atoms with Gasteiger partial charge in [0, 0.05) is 50.0 Å². The summed E-state index contributed by atoms with van der Waals surface area (Å²) in [5.74, 6) is 0.109. The minimum atomic E-state index is -0.00186. The van der Waals surface area contributed by atoms with E-state index in [9.17, 15) is 4.79 Å². The first-order chi connectivity index (χ1) is 13.1. The van der Waals surface area contributed by atoms with Crippen LogP contribution in [0.4, 0.5) is 0 Å². The van der Waals surface area contributed by atoms with Gasteiger partial charge in [-0.2, -0.15) is 5.10 Å². The molecule has 1 fully saturated rings. The zero-order valence-electron chi connectivity index (χ0n) is 16.4. The van der Waals surface area contributed by atoms with Crippen molar-refractivity contribution in [1.82, 2.24) is 25.3 Å². The van der Waals surface area contributed by atoms with E-state index < -0.39 is 0 Å². The van der Waals surface area contributed by atoms with Crippen molar-refractivity contribution in [2.45, 2.75) is 64.5 Å². The van der Waals surface area contributed by atoms with Crippen molar-refractivity contribution in [3.05, 3.63) is 17.0 Å². The maximum Gasteiger partial charge on any atom is 0.274 e. The second-order valence-corrected chi connectivity index (χ2v) is 7.58. The van der Waals surface area contributed by atoms with Crippen LogP contribution >= 0.6 is 0 Å². The first kappa shape index (κ1) is 19.7. The summed E-state index contributed by atoms with van der Waals surface area (Å²) in [5, 5.41) is 18.3. The summed E-state index contributed by atoms with van der Waals surface area (Å²) >= 11 is 0. The van der Waals surface area contributed by atoms with Crippen LogP contribution in [0.5, 0.6) is 0 Å². The van der Waals surface area contributed by atoms with Gasteiger partial charge in [-0.1, -0.05) is 6.92 Å². The Hall–Kier alpha value is -2.09. The smallest absolute Gasteiger partial charge is 0.274 e. The molecule has 5 N–H and O–H groups in total. The molecule has 0 saturated carbocycles. The molecule has 0 bridgehead atoms. The molecule has 1 aromatic rings. The molecule has 8 heteroatoms. The first-order valence-corrected chi connectivity index (χ1v) is 10.3. The number of likely N-dealkylation sites (tertiary alicyclic amines) is 1. The number of hydrogen-bond donors (Lipinski definition) is 4. The monoisotopic (exact) mass is 375 g/mol. The number of amides is 1. The summed E-state index contributed by atoms with van der Waals surface area (Å²) in [6.45, 7) is 6.11. The average Bonchev–Trinajstić information content (AvgIpc) is 3.03. The van der Waals surface area contributed by atoms with Crippen molar-refractivity contribution < 1.29 is 4.79 Å². The molecule has 0 spiro atoms. The molecule has 2 aliphatic rings. The van der Waals surface area contributed by atoms with Crippen molar-refractivity contribution in [3.8, 4) is 0 Å². The lowest BCUT2D eigenvalue weighted by Crippen LogP contribution is -2.42. The quantitative estimate of drug-likeness (QED) is 0.321. The fraction of sp³-hybridized carbons (Fsp3) is 0.737. The molecular weight excluding hydrogens is 342 g/mol. The predicted molar refractivity (Wildman–Crippen MR) is 106 cm³/mol. The van der Waals surface area contributed by atoms with Crippen molar-refractivity contribution >= 4 is 11.9 Å². The van der Waals surface area contributed by atoms with E-state index in [0.29, 0.717) is 18.3 Å². The van der Waals surface area contributed by atoms with Crippen LogP contribution in [-0.2, 0) is 19.4 Å². The Morgan fingerprint density at radius 3 is 2.78 bits per heavy atom. The number of nitrogens with two attached hydrogens (primary N) is 1. The van der Waals surface area contributed by atoms with Gasteiger partial charge >= 0.3 is 0 Å². The molecule has 3 rings (SSSR count). The fourth-order valence-electron chi connectivity index (χ4n) is 4.15. The summed E-state index contributed by atoms with van der Waals surface area (Å²) < 4.78 is 2.07. The molecule has 2 heterocycles. The maximum atomic E-state index is 13.1. The molecule has 0 aromatic carbocycles. The van der Waals surface area contributed by atoms with Gasteiger partial charge in [0.05, 0.1) is 0 Å². The van der Waals surface area contributed by atoms with E-state index in [0.717, 1.165) is 70.3 Å². The number of piperidine rings is 1. The molecule has 1 saturated heterocycles. The van der Waals surface area contributed by atoms with Crippen molar-refractivity contribution in [2.24, 2.45) is 5.73 Å². The Labute approximate surface area is 161 Å². The van der Waals surface area contributed by atoms with E-state index in [4.69, 9.17) is 16.2 Å². The van der Waals surface area contributed by atoms with Crippen LogP contribution in [0, 0.1) is 5.41 Å². The van der Waals surface area contributed by atoms with E-state index in [-0.39, 0.29) is 11.9 Å². The Bertz CT molecular complexity index is 663. The van der Waals surface area contributed by atoms with Crippen molar-refractivity contribution in [1.29, 1.82) is 5.41 Å². The third-order valence-corrected chi connectivity index (χ3v) is 5.50. The highest BCUT2D eigenvalue weighted by Crippen LogP contribution is 2.27. The molecule has 0 radical (unpaired) electrons. The number of carbonyl (C=O) groups is 1. The normalized spacial score (nSPS) is 19.6. The minimum Gasteiger partial charge on any atom is -0.370 e. The number of guanidine groups is 1. The van der Waals surface area contributed by atoms with E-state index in [1.807, 2.05) is 4.90 Å². The van der Waals surface area contributed by atoms with E-state index in [1.165, 1.54) is 12.1 Å². The molecule has 150 valence electrons. The standard InChI is InChI=1S/C19H33N7O/c1-2-10-26-16-7-6-14(22-8-9-23-19(20)21)13-15(16)17(24-26)18(27)25-11-4-3-5-12-25/h14,22H,2-13H2,1H3,(H4,20,21,23). The number of nitrogens with one attached hydrogen (secondary N) is 3. The first-order valence-electron chi connectivity index (χ1n) is 10.3. The average molecular weight is 376 g/mol. The topological polar surface area (TPSA) is 112 Å². The lowest BCUT2D eigenvalue weighted by Gasteiger charge is -2.28. The number of nitrogens with zero attached hydrogens (tertiary/aromatic N) is 3. The van der Waals surface area contributed by atoms with Gasteiger partial charge in [-0.15, -0.1) is 0 Å². The number of carbonyl (C=O) groups excluding carboxylic acids is 1. The van der Waals surface area contributed by atoms with Gasteiger partial charge in [0.15, 0.2) is 11.7 Å². The molecule has 1 aliphatic carbocycles. The highest BCUT2D eigenvalue weighted by molar-refractivity contribution is 5.94. The largest absolute Gasteiger partial charge is 0.370 e. The predicted octanol–water partition coefficient (Wildman–Crippen LogP) is 0.849. The SMILES string of the molecule is CCCn1nc(C(=O)N2CCCCC2)c2c1CCC(NCCNC(=N)N)C2. The van der Waals surface area contributed by atoms with Gasteiger partial charge in [0.1, 0.15) is 0 Å². The van der Waals surface area contributed by atoms with Crippen LogP contribution in [0.25, 0.3) is 0 Å². The zero-order valence-corrected chi connectivity index (χ0v) is 16.4. The molecule has 8 nitrogen and oxygen atoms in total. The molecule has 1 aromatic heterocycles. The number of fused-ring (bicyclic) bond motifs is 1. The third-order valence-electron chi connectivity index (χ3n) is 5.50. The lowest BCUT2D eigenvalue weighted by molar-refractivity contribution is 0.0716. The fourth-order valence-corrected chi connectivity index (χ4v) is 4.15. The van der Waals surface area contributed by atoms with E-state index >= 15 is 0 Å². The summed E-state index contributed by atoms with van der Waals surface area (Å²) in [5.41, 5.74) is 8.38. The molecule has 1 amide bonds. The second kappa shape index (κ2) is 9.21. The van der Waals surface area contributed by atoms with Crippen molar-refractivity contribution in [2.75, 3.05) is 26.2 Å². The van der Waals surface area contributed by atoms with Crippen LogP contribution in [-0.4, -0.2) is 58.8 Å². The van der Waals surface area contributed by atoms with Gasteiger partial charge < -0.3 is 21.3 Å². The Kier molecular flexibility index (Phi) is 6.71. The number of aryl methyl sites for hydroxylation is 1. The number of rotatable bonds is 7. The van der Waals surface area contributed by atoms with Gasteiger partial charge in [0.25, 0.3) is 5.91 Å². The van der Waals surface area contributed by atoms with Crippen LogP contribution in [0.2, 0.25) is 0 Å². The van der Waals surface area contributed by atoms with E-state index in [2.05, 4.69) is 22.2 Å². The summed E-state index contributed by atoms with van der Waals surface area (Å²) in [4.78, 5) is 15.1. The van der Waals surface area contributed by atoms with Crippen LogP contribution < -0.4 is 16.4 Å². The molecule has 1 aliphatic heterocycles. The summed E-state index contributed by atoms with van der Waals surface area (Å²) in [6, 6.07) is 0.332. The molecular formula is C19H33N7O. The Morgan fingerprint density at radius 2 is 2.07 bits per heavy atom. The lowest BCUT2D eigenvalue weighted by atomic mass is 9.91. The Balaban J connectivity index is 1.72. The molecule has 1 unspecified atom stereocenters. The van der Waals surface area contributed by atoms with Crippen LogP contribution in [0.1, 0.15) is 60.8 Å². The summed E-state index contributed by atoms with van der Waals surface area (Å²) in [6.07, 6.45) is 7.26. The van der Waals surface area contributed by atoms with Gasteiger partial charge in [0.2, 0.25) is 0 Å². The molecule has 1 atom stereocenters. The van der Waals surface area contributed by atoms with Gasteiger partial charge in [-0.3, -0.25) is 14.9 Å². The van der Waals surface area contributed by atoms with Crippen molar-refractivity contribution in [3.63, 3.8) is 0 Å². The van der Waals surface area contributed by atoms with Crippen LogP contribution in [0.15, 0.2) is 0 Å². The highest BCUT2D eigenvalue weighted by Gasteiger charge is 2.31. The third kappa shape index (κ3) is 4.80. The number of aromatic nitrogens is 2. The zero-order chi connectivity index (χ0) is 19.2. The highest BCUT2D eigenvalue weighted by atomic mass is 16.2. The Morgan fingerprint density at radius 1 is 1.30 bits per heavy atom. The van der Waals surface area contributed by atoms with Gasteiger partial charge in [-0.05, 0) is 44.9 Å². The van der Waals surface area contributed by atoms with E-state index in [1.54, 1.807) is 0 Å². The second-order valence-electron chi connectivity index (χ2n) is 7.58. The molecule has 27 heavy (non-hydrogen) atoms. The number of hydrogen-bond acceptors (Lipinski definition) is 4. The minimum absolute atomic E-state index is 0.00186. The maximum absolute atomic E-state index is 13.1. The van der Waals surface area contributed by atoms with Gasteiger partial charge in [-0.25, -0.2) is 0 Å².